The molecule has 2 fully saturated rings. The van der Waals surface area contributed by atoms with Gasteiger partial charge in [-0.25, -0.2) is 4.39 Å². The van der Waals surface area contributed by atoms with Crippen LogP contribution in [0.5, 0.6) is 0 Å². The van der Waals surface area contributed by atoms with Crippen molar-refractivity contribution in [3.05, 3.63) is 35.6 Å². The fraction of sp³-hybridized carbons (Fsp3) is 0.619. The van der Waals surface area contributed by atoms with E-state index < -0.39 is 0 Å². The van der Waals surface area contributed by atoms with Crippen molar-refractivity contribution >= 4 is 11.8 Å². The van der Waals surface area contributed by atoms with E-state index in [-0.39, 0.29) is 23.7 Å². The van der Waals surface area contributed by atoms with Gasteiger partial charge in [-0.15, -0.1) is 0 Å². The highest BCUT2D eigenvalue weighted by Gasteiger charge is 2.29. The van der Waals surface area contributed by atoms with E-state index in [0.717, 1.165) is 12.8 Å². The summed E-state index contributed by atoms with van der Waals surface area (Å²) in [6.07, 6.45) is 7.10. The first kappa shape index (κ1) is 19.8. The second-order valence-corrected chi connectivity index (χ2v) is 7.71. The van der Waals surface area contributed by atoms with Crippen molar-refractivity contribution in [1.29, 1.82) is 0 Å². The topological polar surface area (TPSA) is 52.7 Å². The Morgan fingerprint density at radius 3 is 2.19 bits per heavy atom. The van der Waals surface area contributed by atoms with Crippen LogP contribution in [-0.4, -0.2) is 59.9 Å². The highest BCUT2D eigenvalue weighted by Crippen LogP contribution is 2.18. The largest absolute Gasteiger partial charge is 0.352 e. The maximum Gasteiger partial charge on any atom is 0.253 e. The molecule has 27 heavy (non-hydrogen) atoms. The van der Waals surface area contributed by atoms with Gasteiger partial charge in [-0.2, -0.15) is 0 Å². The summed E-state index contributed by atoms with van der Waals surface area (Å²) >= 11 is 0. The number of carbonyl (C=O) groups excluding carboxylic acids is 2. The maximum absolute atomic E-state index is 13.0. The molecule has 1 saturated carbocycles. The Labute approximate surface area is 160 Å². The van der Waals surface area contributed by atoms with E-state index in [1.165, 1.54) is 49.9 Å². The molecule has 0 unspecified atom stereocenters. The molecule has 1 aliphatic carbocycles. The Morgan fingerprint density at radius 2 is 1.59 bits per heavy atom. The quantitative estimate of drug-likeness (QED) is 0.824. The average Bonchev–Trinajstić information content (AvgIpc) is 2.96. The lowest BCUT2D eigenvalue weighted by Gasteiger charge is -2.37. The molecule has 0 bridgehead atoms. The Bertz CT molecular complexity index is 633. The predicted octanol–water partition coefficient (Wildman–Crippen LogP) is 2.81. The van der Waals surface area contributed by atoms with Gasteiger partial charge in [0, 0.05) is 37.8 Å². The lowest BCUT2D eigenvalue weighted by molar-refractivity contribution is -0.127. The van der Waals surface area contributed by atoms with E-state index in [4.69, 9.17) is 0 Å². The van der Waals surface area contributed by atoms with E-state index in [1.807, 2.05) is 6.92 Å². The van der Waals surface area contributed by atoms with Crippen molar-refractivity contribution in [3.63, 3.8) is 0 Å². The van der Waals surface area contributed by atoms with Gasteiger partial charge in [0.15, 0.2) is 0 Å². The van der Waals surface area contributed by atoms with Crippen LogP contribution in [0.3, 0.4) is 0 Å². The Hall–Kier alpha value is -1.95. The average molecular weight is 375 g/mol. The minimum absolute atomic E-state index is 0.0785. The molecular formula is C21H30FN3O2. The second-order valence-electron chi connectivity index (χ2n) is 7.71. The normalized spacial score (nSPS) is 20.7. The number of carbonyl (C=O) groups is 2. The fourth-order valence-electron chi connectivity index (χ4n) is 4.00. The molecule has 5 nitrogen and oxygen atoms in total. The molecule has 1 aliphatic heterocycles. The van der Waals surface area contributed by atoms with E-state index in [2.05, 4.69) is 10.2 Å². The number of rotatable bonds is 4. The number of halogens is 1. The first-order chi connectivity index (χ1) is 13.0. The molecule has 3 rings (SSSR count). The summed E-state index contributed by atoms with van der Waals surface area (Å²) in [4.78, 5) is 29.1. The third kappa shape index (κ3) is 5.28. The van der Waals surface area contributed by atoms with Crippen LogP contribution in [0.4, 0.5) is 4.39 Å². The molecule has 1 heterocycles. The molecule has 1 saturated heterocycles. The Kier molecular flexibility index (Phi) is 6.83. The van der Waals surface area contributed by atoms with Crippen LogP contribution in [0.1, 0.15) is 55.8 Å². The second kappa shape index (κ2) is 9.31. The molecule has 0 spiro atoms. The molecule has 1 aromatic rings. The van der Waals surface area contributed by atoms with Crippen LogP contribution in [-0.2, 0) is 4.79 Å². The maximum atomic E-state index is 13.0. The van der Waals surface area contributed by atoms with Crippen molar-refractivity contribution in [3.8, 4) is 0 Å². The summed E-state index contributed by atoms with van der Waals surface area (Å²) in [5, 5.41) is 3.22. The number of nitrogens with one attached hydrogen (secondary N) is 1. The lowest BCUT2D eigenvalue weighted by Crippen LogP contribution is -2.55. The van der Waals surface area contributed by atoms with Crippen molar-refractivity contribution in [2.45, 2.75) is 57.5 Å². The van der Waals surface area contributed by atoms with Gasteiger partial charge in [0.1, 0.15) is 5.82 Å². The van der Waals surface area contributed by atoms with Gasteiger partial charge < -0.3 is 10.2 Å². The van der Waals surface area contributed by atoms with Crippen LogP contribution in [0, 0.1) is 5.82 Å². The molecule has 2 aliphatic rings. The van der Waals surface area contributed by atoms with Gasteiger partial charge in [-0.3, -0.25) is 14.5 Å². The van der Waals surface area contributed by atoms with Crippen LogP contribution >= 0.6 is 0 Å². The number of piperazine rings is 1. The van der Waals surface area contributed by atoms with E-state index >= 15 is 0 Å². The lowest BCUT2D eigenvalue weighted by atomic mass is 10.1. The SMILES string of the molecule is C[C@@H](C(=O)NC1CCCCCC1)N1CCN(C(=O)c2ccc(F)cc2)CC1. The number of benzene rings is 1. The Balaban J connectivity index is 1.48. The number of nitrogens with zero attached hydrogens (tertiary/aromatic N) is 2. The van der Waals surface area contributed by atoms with E-state index in [9.17, 15) is 14.0 Å². The molecule has 1 aromatic carbocycles. The smallest absolute Gasteiger partial charge is 0.253 e. The zero-order valence-electron chi connectivity index (χ0n) is 16.1. The van der Waals surface area contributed by atoms with Gasteiger partial charge >= 0.3 is 0 Å². The van der Waals surface area contributed by atoms with Crippen molar-refractivity contribution in [2.75, 3.05) is 26.2 Å². The summed E-state index contributed by atoms with van der Waals surface area (Å²) in [7, 11) is 0. The third-order valence-corrected chi connectivity index (χ3v) is 5.82. The molecule has 148 valence electrons. The van der Waals surface area contributed by atoms with Gasteiger partial charge in [0.2, 0.25) is 5.91 Å². The third-order valence-electron chi connectivity index (χ3n) is 5.82. The number of hydrogen-bond acceptors (Lipinski definition) is 3. The minimum Gasteiger partial charge on any atom is -0.352 e. The molecular weight excluding hydrogens is 345 g/mol. The summed E-state index contributed by atoms with van der Waals surface area (Å²) in [5.74, 6) is -0.324. The first-order valence-electron chi connectivity index (χ1n) is 10.1. The van der Waals surface area contributed by atoms with Gasteiger partial charge in [0.05, 0.1) is 6.04 Å². The summed E-state index contributed by atoms with van der Waals surface area (Å²) < 4.78 is 13.0. The highest BCUT2D eigenvalue weighted by molar-refractivity contribution is 5.94. The van der Waals surface area contributed by atoms with Crippen molar-refractivity contribution in [1.82, 2.24) is 15.1 Å². The van der Waals surface area contributed by atoms with Crippen LogP contribution in [0.2, 0.25) is 0 Å². The highest BCUT2D eigenvalue weighted by atomic mass is 19.1. The van der Waals surface area contributed by atoms with Crippen LogP contribution < -0.4 is 5.32 Å². The molecule has 0 aromatic heterocycles. The zero-order chi connectivity index (χ0) is 19.2. The predicted molar refractivity (Wildman–Crippen MR) is 103 cm³/mol. The summed E-state index contributed by atoms with van der Waals surface area (Å²) in [6, 6.07) is 5.78. The van der Waals surface area contributed by atoms with Gasteiger partial charge in [-0.05, 0) is 44.0 Å². The standard InChI is InChI=1S/C21H30FN3O2/c1-16(20(26)23-19-6-4-2-3-5-7-19)24-12-14-25(15-13-24)21(27)17-8-10-18(22)11-9-17/h8-11,16,19H,2-7,12-15H2,1H3,(H,23,26)/t16-/m0/s1. The zero-order valence-corrected chi connectivity index (χ0v) is 16.1. The van der Waals surface area contributed by atoms with Crippen molar-refractivity contribution in [2.24, 2.45) is 0 Å². The van der Waals surface area contributed by atoms with Crippen LogP contribution in [0.25, 0.3) is 0 Å². The molecule has 1 N–H and O–H groups in total. The molecule has 0 radical (unpaired) electrons. The van der Waals surface area contributed by atoms with Gasteiger partial charge in [0.25, 0.3) is 5.91 Å². The first-order valence-corrected chi connectivity index (χ1v) is 10.1. The van der Waals surface area contributed by atoms with E-state index in [0.29, 0.717) is 37.8 Å². The summed E-state index contributed by atoms with van der Waals surface area (Å²) in [6.45, 7) is 4.45. The van der Waals surface area contributed by atoms with Gasteiger partial charge in [-0.1, -0.05) is 25.7 Å². The molecule has 6 heteroatoms. The van der Waals surface area contributed by atoms with E-state index in [1.54, 1.807) is 4.90 Å². The Morgan fingerprint density at radius 1 is 1.00 bits per heavy atom. The summed E-state index contributed by atoms with van der Waals surface area (Å²) in [5.41, 5.74) is 0.504. The number of hydrogen-bond donors (Lipinski definition) is 1. The molecule has 1 atom stereocenters. The molecule has 2 amide bonds. The monoisotopic (exact) mass is 375 g/mol. The van der Waals surface area contributed by atoms with Crippen molar-refractivity contribution < 1.29 is 14.0 Å². The number of amides is 2. The minimum atomic E-state index is -0.343. The van der Waals surface area contributed by atoms with Crippen LogP contribution in [0.15, 0.2) is 24.3 Å². The fourth-order valence-corrected chi connectivity index (χ4v) is 4.00.